The molecule has 0 spiro atoms. The Bertz CT molecular complexity index is 592. The number of hydrogen-bond acceptors (Lipinski definition) is 5. The number of hydrogen-bond donors (Lipinski definition) is 1. The maximum absolute atomic E-state index is 12.0. The lowest BCUT2D eigenvalue weighted by atomic mass is 9.99. The van der Waals surface area contributed by atoms with E-state index >= 15 is 0 Å². The van der Waals surface area contributed by atoms with E-state index in [2.05, 4.69) is 5.32 Å². The maximum atomic E-state index is 12.0. The van der Waals surface area contributed by atoms with Crippen LogP contribution in [0.3, 0.4) is 0 Å². The zero-order chi connectivity index (χ0) is 14.9. The Balaban J connectivity index is 2.61. The summed E-state index contributed by atoms with van der Waals surface area (Å²) >= 11 is 1.37. The van der Waals surface area contributed by atoms with Crippen molar-refractivity contribution in [1.29, 1.82) is 0 Å². The summed E-state index contributed by atoms with van der Waals surface area (Å²) in [6.45, 7) is 2.90. The van der Waals surface area contributed by atoms with Gasteiger partial charge in [-0.25, -0.2) is 9.59 Å². The molecule has 6 nitrogen and oxygen atoms in total. The van der Waals surface area contributed by atoms with E-state index in [1.54, 1.807) is 19.1 Å². The molecule has 2 rings (SSSR count). The van der Waals surface area contributed by atoms with Crippen molar-refractivity contribution in [2.75, 3.05) is 7.11 Å². The van der Waals surface area contributed by atoms with Gasteiger partial charge < -0.3 is 10.1 Å². The van der Waals surface area contributed by atoms with Crippen LogP contribution in [0.1, 0.15) is 24.8 Å². The Morgan fingerprint density at radius 2 is 2.15 bits per heavy atom. The maximum Gasteiger partial charge on any atom is 0.338 e. The first-order chi connectivity index (χ1) is 9.47. The molecule has 1 N–H and O–H groups in total. The van der Waals surface area contributed by atoms with Crippen molar-refractivity contribution in [3.8, 4) is 0 Å². The first-order valence-corrected chi connectivity index (χ1v) is 6.78. The quantitative estimate of drug-likeness (QED) is 0.844. The molecule has 1 atom stereocenters. The first kappa shape index (κ1) is 14.3. The number of urea groups is 1. The van der Waals surface area contributed by atoms with Gasteiger partial charge in [0.1, 0.15) is 6.04 Å². The summed E-state index contributed by atoms with van der Waals surface area (Å²) in [4.78, 5) is 37.6. The van der Waals surface area contributed by atoms with Crippen molar-refractivity contribution < 1.29 is 19.1 Å². The molecule has 106 valence electrons. The number of ether oxygens (including phenoxy) is 1. The van der Waals surface area contributed by atoms with Crippen LogP contribution in [0, 0.1) is 0 Å². The van der Waals surface area contributed by atoms with Crippen molar-refractivity contribution in [3.05, 3.63) is 33.7 Å². The fraction of sp³-hybridized carbons (Fsp3) is 0.308. The summed E-state index contributed by atoms with van der Waals surface area (Å²) in [6, 6.07) is 2.30. The van der Waals surface area contributed by atoms with Crippen molar-refractivity contribution in [2.24, 2.45) is 0 Å². The van der Waals surface area contributed by atoms with Crippen LogP contribution in [0.5, 0.6) is 0 Å². The van der Waals surface area contributed by atoms with Gasteiger partial charge in [-0.1, -0.05) is 6.07 Å². The average molecular weight is 294 g/mol. The molecule has 3 amide bonds. The number of allylic oxidation sites excluding steroid dienone is 1. The normalized spacial score (nSPS) is 18.9. The molecule has 7 heteroatoms. The molecule has 1 aromatic rings. The minimum Gasteiger partial charge on any atom is -0.466 e. The third-order valence-corrected chi connectivity index (χ3v) is 3.93. The van der Waals surface area contributed by atoms with Crippen LogP contribution in [0.4, 0.5) is 4.79 Å². The van der Waals surface area contributed by atoms with E-state index in [-0.39, 0.29) is 5.57 Å². The van der Waals surface area contributed by atoms with E-state index in [0.717, 1.165) is 9.78 Å². The Labute approximate surface area is 120 Å². The van der Waals surface area contributed by atoms with Crippen LogP contribution in [-0.4, -0.2) is 29.9 Å². The van der Waals surface area contributed by atoms with Crippen molar-refractivity contribution in [2.45, 2.75) is 19.9 Å². The zero-order valence-electron chi connectivity index (χ0n) is 11.3. The van der Waals surface area contributed by atoms with Crippen LogP contribution >= 0.6 is 11.3 Å². The van der Waals surface area contributed by atoms with Crippen LogP contribution in [0.2, 0.25) is 0 Å². The molecular weight excluding hydrogens is 280 g/mol. The van der Waals surface area contributed by atoms with Crippen LogP contribution < -0.4 is 5.32 Å². The number of amides is 3. The van der Waals surface area contributed by atoms with E-state index in [1.807, 2.05) is 5.38 Å². The Hall–Kier alpha value is -2.15. The molecular formula is C13H14N2O4S. The van der Waals surface area contributed by atoms with E-state index < -0.39 is 23.9 Å². The van der Waals surface area contributed by atoms with Gasteiger partial charge in [-0.3, -0.25) is 9.69 Å². The molecule has 0 bridgehead atoms. The minimum absolute atomic E-state index is 0.268. The van der Waals surface area contributed by atoms with Crippen molar-refractivity contribution >= 4 is 29.2 Å². The molecule has 0 aromatic carbocycles. The molecule has 2 heterocycles. The molecule has 1 aliphatic heterocycles. The summed E-state index contributed by atoms with van der Waals surface area (Å²) in [5, 5.41) is 4.34. The third kappa shape index (κ3) is 2.32. The molecule has 0 aliphatic carbocycles. The van der Waals surface area contributed by atoms with Gasteiger partial charge in [-0.15, -0.1) is 11.3 Å². The zero-order valence-corrected chi connectivity index (χ0v) is 12.1. The smallest absolute Gasteiger partial charge is 0.338 e. The third-order valence-electron chi connectivity index (χ3n) is 3.01. The number of esters is 1. The van der Waals surface area contributed by atoms with Gasteiger partial charge in [-0.05, 0) is 18.4 Å². The second kappa shape index (κ2) is 5.46. The van der Waals surface area contributed by atoms with E-state index in [1.165, 1.54) is 25.4 Å². The Kier molecular flexibility index (Phi) is 3.89. The van der Waals surface area contributed by atoms with Gasteiger partial charge in [0.2, 0.25) is 5.91 Å². The standard InChI is InChI=1S/C13H14N2O4S/c1-7-10(12(17)19-3)11(9-5-4-6-20-9)15(8(2)16)13(18)14-7/h4-6,11H,1-3H3,(H,14,18). The highest BCUT2D eigenvalue weighted by atomic mass is 32.1. The molecule has 1 unspecified atom stereocenters. The molecule has 0 fully saturated rings. The molecule has 20 heavy (non-hydrogen) atoms. The molecule has 0 saturated carbocycles. The van der Waals surface area contributed by atoms with Gasteiger partial charge in [0, 0.05) is 17.5 Å². The SMILES string of the molecule is COC(=O)C1=C(C)NC(=O)N(C(C)=O)C1c1cccs1. The molecule has 1 aliphatic rings. The first-order valence-electron chi connectivity index (χ1n) is 5.90. The lowest BCUT2D eigenvalue weighted by Gasteiger charge is -2.34. The van der Waals surface area contributed by atoms with Gasteiger partial charge in [0.05, 0.1) is 12.7 Å². The van der Waals surface area contributed by atoms with Crippen LogP contribution in [-0.2, 0) is 14.3 Å². The average Bonchev–Trinajstić information content (AvgIpc) is 2.90. The molecule has 0 radical (unpaired) electrons. The number of rotatable bonds is 2. The Morgan fingerprint density at radius 3 is 2.65 bits per heavy atom. The largest absolute Gasteiger partial charge is 0.466 e. The Morgan fingerprint density at radius 1 is 1.45 bits per heavy atom. The number of carbonyl (C=O) groups excluding carboxylic acids is 3. The molecule has 1 aromatic heterocycles. The number of carbonyl (C=O) groups is 3. The number of nitrogens with zero attached hydrogens (tertiary/aromatic N) is 1. The predicted octanol–water partition coefficient (Wildman–Crippen LogP) is 1.81. The topological polar surface area (TPSA) is 75.7 Å². The highest BCUT2D eigenvalue weighted by molar-refractivity contribution is 7.10. The van der Waals surface area contributed by atoms with Gasteiger partial charge in [0.25, 0.3) is 0 Å². The second-order valence-corrected chi connectivity index (χ2v) is 5.25. The van der Waals surface area contributed by atoms with Crippen LogP contribution in [0.15, 0.2) is 28.8 Å². The lowest BCUT2D eigenvalue weighted by molar-refractivity contribution is -0.137. The number of methoxy groups -OCH3 is 1. The van der Waals surface area contributed by atoms with E-state index in [4.69, 9.17) is 4.74 Å². The summed E-state index contributed by atoms with van der Waals surface area (Å²) in [5.74, 6) is -0.998. The van der Waals surface area contributed by atoms with E-state index in [9.17, 15) is 14.4 Å². The van der Waals surface area contributed by atoms with Crippen LogP contribution in [0.25, 0.3) is 0 Å². The summed E-state index contributed by atoms with van der Waals surface area (Å²) in [6.07, 6.45) is 0. The highest BCUT2D eigenvalue weighted by Gasteiger charge is 2.40. The van der Waals surface area contributed by atoms with Gasteiger partial charge in [0.15, 0.2) is 0 Å². The van der Waals surface area contributed by atoms with Gasteiger partial charge >= 0.3 is 12.0 Å². The fourth-order valence-corrected chi connectivity index (χ4v) is 2.98. The van der Waals surface area contributed by atoms with E-state index in [0.29, 0.717) is 5.70 Å². The number of thiophene rings is 1. The van der Waals surface area contributed by atoms with Gasteiger partial charge in [-0.2, -0.15) is 0 Å². The van der Waals surface area contributed by atoms with Crippen molar-refractivity contribution in [3.63, 3.8) is 0 Å². The lowest BCUT2D eigenvalue weighted by Crippen LogP contribution is -2.50. The summed E-state index contributed by atoms with van der Waals surface area (Å²) < 4.78 is 4.77. The monoisotopic (exact) mass is 294 g/mol. The fourth-order valence-electron chi connectivity index (χ4n) is 2.16. The predicted molar refractivity (Wildman–Crippen MR) is 72.8 cm³/mol. The number of imide groups is 1. The second-order valence-electron chi connectivity index (χ2n) is 4.27. The van der Waals surface area contributed by atoms with Crippen molar-refractivity contribution in [1.82, 2.24) is 10.2 Å². The minimum atomic E-state index is -0.742. The number of nitrogens with one attached hydrogen (secondary N) is 1. The summed E-state index contributed by atoms with van der Waals surface area (Å²) in [7, 11) is 1.27. The molecule has 0 saturated heterocycles. The summed E-state index contributed by atoms with van der Waals surface area (Å²) in [5.41, 5.74) is 0.669. The highest BCUT2D eigenvalue weighted by Crippen LogP contribution is 2.36.